The molecule has 1 fully saturated rings. The lowest BCUT2D eigenvalue weighted by Crippen LogP contribution is -2.58. The first kappa shape index (κ1) is 16.9. The first-order valence-corrected chi connectivity index (χ1v) is 8.28. The molecular formula is C16H34N2O. The highest BCUT2D eigenvalue weighted by molar-refractivity contribution is 4.87. The summed E-state index contributed by atoms with van der Waals surface area (Å²) >= 11 is 0. The van der Waals surface area contributed by atoms with E-state index in [-0.39, 0.29) is 0 Å². The van der Waals surface area contributed by atoms with Crippen molar-refractivity contribution in [1.82, 2.24) is 10.2 Å². The predicted molar refractivity (Wildman–Crippen MR) is 82.6 cm³/mol. The smallest absolute Gasteiger partial charge is 0.0478 e. The fourth-order valence-corrected chi connectivity index (χ4v) is 2.84. The molecule has 0 aromatic heterocycles. The van der Waals surface area contributed by atoms with Gasteiger partial charge >= 0.3 is 0 Å². The Labute approximate surface area is 120 Å². The highest BCUT2D eigenvalue weighted by Crippen LogP contribution is 2.17. The van der Waals surface area contributed by atoms with Crippen LogP contribution in [-0.2, 0) is 4.74 Å². The molecule has 0 bridgehead atoms. The molecule has 1 N–H and O–H groups in total. The molecule has 0 radical (unpaired) electrons. The molecule has 1 aliphatic rings. The summed E-state index contributed by atoms with van der Waals surface area (Å²) in [5.74, 6) is 0.775. The van der Waals surface area contributed by atoms with Crippen LogP contribution in [-0.4, -0.2) is 49.8 Å². The van der Waals surface area contributed by atoms with Crippen LogP contribution in [0, 0.1) is 5.92 Å². The fourth-order valence-electron chi connectivity index (χ4n) is 2.84. The van der Waals surface area contributed by atoms with Crippen LogP contribution in [0.3, 0.4) is 0 Å². The lowest BCUT2D eigenvalue weighted by atomic mass is 9.95. The Bertz CT molecular complexity index is 223. The zero-order valence-electron chi connectivity index (χ0n) is 13.5. The molecule has 0 amide bonds. The Morgan fingerprint density at radius 2 is 2.05 bits per heavy atom. The highest BCUT2D eigenvalue weighted by atomic mass is 16.5. The van der Waals surface area contributed by atoms with E-state index in [0.29, 0.717) is 12.1 Å². The van der Waals surface area contributed by atoms with Gasteiger partial charge < -0.3 is 10.1 Å². The lowest BCUT2D eigenvalue weighted by Gasteiger charge is -2.42. The molecule has 1 rings (SSSR count). The van der Waals surface area contributed by atoms with E-state index in [4.69, 9.17) is 4.74 Å². The number of rotatable bonds is 9. The maximum Gasteiger partial charge on any atom is 0.0478 e. The highest BCUT2D eigenvalue weighted by Gasteiger charge is 2.28. The second kappa shape index (κ2) is 9.73. The summed E-state index contributed by atoms with van der Waals surface area (Å²) in [6.45, 7) is 14.5. The average molecular weight is 270 g/mol. The van der Waals surface area contributed by atoms with E-state index >= 15 is 0 Å². The Balaban J connectivity index is 2.33. The third-order valence-corrected chi connectivity index (χ3v) is 4.45. The van der Waals surface area contributed by atoms with Crippen molar-refractivity contribution >= 4 is 0 Å². The molecule has 1 heterocycles. The van der Waals surface area contributed by atoms with Crippen LogP contribution in [0.1, 0.15) is 53.4 Å². The second-order valence-electron chi connectivity index (χ2n) is 5.92. The number of ether oxygens (including phenoxy) is 1. The summed E-state index contributed by atoms with van der Waals surface area (Å²) in [6.07, 6.45) is 4.81. The minimum Gasteiger partial charge on any atom is -0.381 e. The summed E-state index contributed by atoms with van der Waals surface area (Å²) in [6, 6.07) is 1.39. The fraction of sp³-hybridized carbons (Fsp3) is 1.00. The lowest BCUT2D eigenvalue weighted by molar-refractivity contribution is 0.0810. The molecule has 0 aromatic carbocycles. The van der Waals surface area contributed by atoms with Gasteiger partial charge in [0.25, 0.3) is 0 Å². The molecule has 3 unspecified atom stereocenters. The largest absolute Gasteiger partial charge is 0.381 e. The SMILES string of the molecule is CCCOCCCN1CC(C(C)CC)NCC1CC. The van der Waals surface area contributed by atoms with Crippen LogP contribution < -0.4 is 5.32 Å². The van der Waals surface area contributed by atoms with Crippen LogP contribution in [0.4, 0.5) is 0 Å². The summed E-state index contributed by atoms with van der Waals surface area (Å²) in [5, 5.41) is 3.74. The van der Waals surface area contributed by atoms with E-state index in [9.17, 15) is 0 Å². The minimum atomic E-state index is 0.671. The van der Waals surface area contributed by atoms with E-state index in [1.54, 1.807) is 0 Å². The zero-order chi connectivity index (χ0) is 14.1. The number of piperazine rings is 1. The molecule has 1 aliphatic heterocycles. The van der Waals surface area contributed by atoms with E-state index in [1.165, 1.54) is 32.4 Å². The van der Waals surface area contributed by atoms with Crippen LogP contribution in [0.15, 0.2) is 0 Å². The molecule has 0 spiro atoms. The van der Waals surface area contributed by atoms with Gasteiger partial charge in [-0.25, -0.2) is 0 Å². The van der Waals surface area contributed by atoms with Crippen LogP contribution >= 0.6 is 0 Å². The van der Waals surface area contributed by atoms with Gasteiger partial charge in [-0.15, -0.1) is 0 Å². The first-order chi connectivity index (χ1) is 9.22. The normalized spacial score (nSPS) is 26.5. The maximum atomic E-state index is 5.60. The van der Waals surface area contributed by atoms with Crippen molar-refractivity contribution in [3.63, 3.8) is 0 Å². The Morgan fingerprint density at radius 1 is 1.26 bits per heavy atom. The predicted octanol–water partition coefficient (Wildman–Crippen LogP) is 2.90. The van der Waals surface area contributed by atoms with E-state index in [2.05, 4.69) is 37.9 Å². The summed E-state index contributed by atoms with van der Waals surface area (Å²) in [4.78, 5) is 2.68. The summed E-state index contributed by atoms with van der Waals surface area (Å²) < 4.78 is 5.60. The Kier molecular flexibility index (Phi) is 8.67. The minimum absolute atomic E-state index is 0.671. The van der Waals surface area contributed by atoms with Gasteiger partial charge in [-0.3, -0.25) is 4.90 Å². The third-order valence-electron chi connectivity index (χ3n) is 4.45. The van der Waals surface area contributed by atoms with Crippen LogP contribution in [0.25, 0.3) is 0 Å². The maximum absolute atomic E-state index is 5.60. The van der Waals surface area contributed by atoms with Crippen molar-refractivity contribution in [2.45, 2.75) is 65.5 Å². The van der Waals surface area contributed by atoms with E-state index < -0.39 is 0 Å². The molecule has 0 aliphatic carbocycles. The molecule has 0 saturated carbocycles. The van der Waals surface area contributed by atoms with Gasteiger partial charge in [0.1, 0.15) is 0 Å². The molecule has 3 heteroatoms. The quantitative estimate of drug-likeness (QED) is 0.652. The first-order valence-electron chi connectivity index (χ1n) is 8.28. The Morgan fingerprint density at radius 3 is 2.68 bits per heavy atom. The van der Waals surface area contributed by atoms with E-state index in [1.807, 2.05) is 0 Å². The molecule has 0 aromatic rings. The summed E-state index contributed by atoms with van der Waals surface area (Å²) in [7, 11) is 0. The van der Waals surface area contributed by atoms with Crippen molar-refractivity contribution in [3.05, 3.63) is 0 Å². The number of hydrogen-bond acceptors (Lipinski definition) is 3. The average Bonchev–Trinajstić information content (AvgIpc) is 2.46. The van der Waals surface area contributed by atoms with Crippen molar-refractivity contribution in [1.29, 1.82) is 0 Å². The molecule has 19 heavy (non-hydrogen) atoms. The van der Waals surface area contributed by atoms with Gasteiger partial charge in [-0.1, -0.05) is 34.1 Å². The Hall–Kier alpha value is -0.120. The zero-order valence-corrected chi connectivity index (χ0v) is 13.5. The molecular weight excluding hydrogens is 236 g/mol. The molecule has 3 atom stereocenters. The van der Waals surface area contributed by atoms with Crippen molar-refractivity contribution in [2.75, 3.05) is 32.8 Å². The monoisotopic (exact) mass is 270 g/mol. The standard InChI is InChI=1S/C16H34N2O/c1-5-10-19-11-8-9-18-13-16(14(4)6-2)17-12-15(18)7-3/h14-17H,5-13H2,1-4H3. The van der Waals surface area contributed by atoms with Gasteiger partial charge in [0.05, 0.1) is 0 Å². The van der Waals surface area contributed by atoms with Crippen molar-refractivity contribution < 1.29 is 4.74 Å². The van der Waals surface area contributed by atoms with Gasteiger partial charge in [0, 0.05) is 44.9 Å². The van der Waals surface area contributed by atoms with Crippen molar-refractivity contribution in [2.24, 2.45) is 5.92 Å². The summed E-state index contributed by atoms with van der Waals surface area (Å²) in [5.41, 5.74) is 0. The van der Waals surface area contributed by atoms with E-state index in [0.717, 1.165) is 32.1 Å². The van der Waals surface area contributed by atoms with Gasteiger partial charge in [0.15, 0.2) is 0 Å². The van der Waals surface area contributed by atoms with Gasteiger partial charge in [-0.2, -0.15) is 0 Å². The number of hydrogen-bond donors (Lipinski definition) is 1. The van der Waals surface area contributed by atoms with Crippen LogP contribution in [0.2, 0.25) is 0 Å². The topological polar surface area (TPSA) is 24.5 Å². The molecule has 1 saturated heterocycles. The van der Waals surface area contributed by atoms with Crippen LogP contribution in [0.5, 0.6) is 0 Å². The van der Waals surface area contributed by atoms with Gasteiger partial charge in [0.2, 0.25) is 0 Å². The molecule has 3 nitrogen and oxygen atoms in total. The molecule has 114 valence electrons. The third kappa shape index (κ3) is 5.80. The second-order valence-corrected chi connectivity index (χ2v) is 5.92. The van der Waals surface area contributed by atoms with Gasteiger partial charge in [-0.05, 0) is 25.2 Å². The van der Waals surface area contributed by atoms with Crippen molar-refractivity contribution in [3.8, 4) is 0 Å². The number of nitrogens with zero attached hydrogens (tertiary/aromatic N) is 1. The number of nitrogens with one attached hydrogen (secondary N) is 1.